The second kappa shape index (κ2) is 8.01. The summed E-state index contributed by atoms with van der Waals surface area (Å²) in [6, 6.07) is 2.32. The van der Waals surface area contributed by atoms with Crippen molar-refractivity contribution in [2.45, 2.75) is 57.2 Å². The van der Waals surface area contributed by atoms with Crippen molar-refractivity contribution in [3.8, 4) is 6.07 Å². The number of nitriles is 1. The minimum Gasteiger partial charge on any atom is -0.303 e. The molecule has 2 nitrogen and oxygen atoms in total. The Kier molecular flexibility index (Phi) is 7.90. The van der Waals surface area contributed by atoms with E-state index in [1.54, 1.807) is 0 Å². The monoisotopic (exact) mass is 228 g/mol. The smallest absolute Gasteiger partial charge is 0.103 e. The zero-order chi connectivity index (χ0) is 11.7. The Bertz CT molecular complexity index is 200. The Morgan fingerprint density at radius 1 is 1.47 bits per heavy atom. The average Bonchev–Trinajstić information content (AvgIpc) is 2.27. The molecule has 88 valence electrons. The minimum atomic E-state index is -0.332. The summed E-state index contributed by atoms with van der Waals surface area (Å²) in [5.74, 6) is 1.22. The summed E-state index contributed by atoms with van der Waals surface area (Å²) in [4.78, 5) is 0. The fourth-order valence-electron chi connectivity index (χ4n) is 1.22. The molecule has 0 fully saturated rings. The summed E-state index contributed by atoms with van der Waals surface area (Å²) in [7, 11) is 1.86. The highest BCUT2D eigenvalue weighted by Crippen LogP contribution is 2.18. The molecule has 2 atom stereocenters. The molecule has 1 N–H and O–H groups in total. The first-order valence-corrected chi connectivity index (χ1v) is 6.84. The second-order valence-corrected chi connectivity index (χ2v) is 5.79. The van der Waals surface area contributed by atoms with Gasteiger partial charge in [-0.1, -0.05) is 13.8 Å². The van der Waals surface area contributed by atoms with Gasteiger partial charge in [0.15, 0.2) is 0 Å². The van der Waals surface area contributed by atoms with Crippen molar-refractivity contribution in [2.24, 2.45) is 0 Å². The first-order valence-electron chi connectivity index (χ1n) is 5.79. The zero-order valence-corrected chi connectivity index (χ0v) is 11.3. The largest absolute Gasteiger partial charge is 0.303 e. The molecule has 0 amide bonds. The van der Waals surface area contributed by atoms with Crippen LogP contribution in [0, 0.1) is 11.3 Å². The van der Waals surface area contributed by atoms with Crippen molar-refractivity contribution in [2.75, 3.05) is 12.8 Å². The van der Waals surface area contributed by atoms with Gasteiger partial charge in [0, 0.05) is 5.25 Å². The van der Waals surface area contributed by atoms with E-state index in [0.29, 0.717) is 0 Å². The van der Waals surface area contributed by atoms with Gasteiger partial charge in [-0.05, 0) is 45.4 Å². The van der Waals surface area contributed by atoms with Crippen LogP contribution in [0.3, 0.4) is 0 Å². The lowest BCUT2D eigenvalue weighted by molar-refractivity contribution is 0.439. The van der Waals surface area contributed by atoms with Crippen LogP contribution in [0.25, 0.3) is 0 Å². The molecule has 0 aromatic rings. The Balaban J connectivity index is 3.51. The van der Waals surface area contributed by atoms with Gasteiger partial charge in [0.25, 0.3) is 0 Å². The Labute approximate surface area is 98.8 Å². The van der Waals surface area contributed by atoms with E-state index in [-0.39, 0.29) is 5.54 Å². The Morgan fingerprint density at radius 2 is 2.13 bits per heavy atom. The number of nitrogens with zero attached hydrogens (tertiary/aromatic N) is 1. The topological polar surface area (TPSA) is 35.8 Å². The van der Waals surface area contributed by atoms with Gasteiger partial charge in [0.2, 0.25) is 0 Å². The molecule has 2 unspecified atom stereocenters. The standard InChI is InChI=1S/C12H24N2S/c1-5-11(2)15-9-7-6-8-12(3,10-13)14-4/h11,14H,5-9H2,1-4H3. The molecule has 0 saturated heterocycles. The van der Waals surface area contributed by atoms with Crippen LogP contribution < -0.4 is 5.32 Å². The maximum Gasteiger partial charge on any atom is 0.103 e. The van der Waals surface area contributed by atoms with Crippen molar-refractivity contribution in [1.82, 2.24) is 5.32 Å². The highest BCUT2D eigenvalue weighted by Gasteiger charge is 2.19. The minimum absolute atomic E-state index is 0.332. The molecule has 0 aromatic heterocycles. The molecule has 0 aliphatic carbocycles. The molecule has 0 saturated carbocycles. The van der Waals surface area contributed by atoms with Gasteiger partial charge in [0.05, 0.1) is 6.07 Å². The third kappa shape index (κ3) is 6.81. The molecule has 0 bridgehead atoms. The maximum absolute atomic E-state index is 8.95. The summed E-state index contributed by atoms with van der Waals surface area (Å²) < 4.78 is 0. The van der Waals surface area contributed by atoms with E-state index in [4.69, 9.17) is 5.26 Å². The van der Waals surface area contributed by atoms with Crippen LogP contribution in [0.4, 0.5) is 0 Å². The summed E-state index contributed by atoms with van der Waals surface area (Å²) >= 11 is 2.04. The van der Waals surface area contributed by atoms with Crippen LogP contribution in [-0.2, 0) is 0 Å². The summed E-state index contributed by atoms with van der Waals surface area (Å²) in [5.41, 5.74) is -0.332. The quantitative estimate of drug-likeness (QED) is 0.648. The van der Waals surface area contributed by atoms with Gasteiger partial charge in [0.1, 0.15) is 5.54 Å². The Hall–Kier alpha value is -0.200. The number of hydrogen-bond acceptors (Lipinski definition) is 3. The van der Waals surface area contributed by atoms with Gasteiger partial charge in [-0.25, -0.2) is 0 Å². The molecule has 3 heteroatoms. The van der Waals surface area contributed by atoms with E-state index in [1.165, 1.54) is 18.6 Å². The first-order chi connectivity index (χ1) is 7.08. The number of hydrogen-bond donors (Lipinski definition) is 1. The fourth-order valence-corrected chi connectivity index (χ4v) is 2.23. The fraction of sp³-hybridized carbons (Fsp3) is 0.917. The normalized spacial score (nSPS) is 16.7. The van der Waals surface area contributed by atoms with E-state index >= 15 is 0 Å². The zero-order valence-electron chi connectivity index (χ0n) is 10.5. The molecular weight excluding hydrogens is 204 g/mol. The van der Waals surface area contributed by atoms with Crippen molar-refractivity contribution in [3.63, 3.8) is 0 Å². The molecule has 0 heterocycles. The van der Waals surface area contributed by atoms with Crippen LogP contribution in [0.1, 0.15) is 46.5 Å². The molecule has 0 aliphatic heterocycles. The van der Waals surface area contributed by atoms with Crippen LogP contribution in [0.2, 0.25) is 0 Å². The van der Waals surface area contributed by atoms with Crippen molar-refractivity contribution >= 4 is 11.8 Å². The highest BCUT2D eigenvalue weighted by atomic mass is 32.2. The third-order valence-corrected chi connectivity index (χ3v) is 4.27. The van der Waals surface area contributed by atoms with Crippen molar-refractivity contribution < 1.29 is 0 Å². The van der Waals surface area contributed by atoms with Crippen LogP contribution in [0.5, 0.6) is 0 Å². The molecular formula is C12H24N2S. The van der Waals surface area contributed by atoms with E-state index in [0.717, 1.165) is 18.1 Å². The van der Waals surface area contributed by atoms with Gasteiger partial charge < -0.3 is 5.32 Å². The summed E-state index contributed by atoms with van der Waals surface area (Å²) in [6.45, 7) is 6.47. The lowest BCUT2D eigenvalue weighted by Gasteiger charge is -2.20. The molecule has 0 spiro atoms. The lowest BCUT2D eigenvalue weighted by atomic mass is 9.97. The van der Waals surface area contributed by atoms with E-state index in [2.05, 4.69) is 25.2 Å². The highest BCUT2D eigenvalue weighted by molar-refractivity contribution is 7.99. The van der Waals surface area contributed by atoms with Crippen molar-refractivity contribution in [1.29, 1.82) is 5.26 Å². The number of thioether (sulfide) groups is 1. The van der Waals surface area contributed by atoms with Crippen LogP contribution in [-0.4, -0.2) is 23.6 Å². The second-order valence-electron chi connectivity index (χ2n) is 4.24. The van der Waals surface area contributed by atoms with Crippen molar-refractivity contribution in [3.05, 3.63) is 0 Å². The van der Waals surface area contributed by atoms with Gasteiger partial charge >= 0.3 is 0 Å². The predicted molar refractivity (Wildman–Crippen MR) is 69.1 cm³/mol. The van der Waals surface area contributed by atoms with Crippen LogP contribution >= 0.6 is 11.8 Å². The van der Waals surface area contributed by atoms with E-state index in [9.17, 15) is 0 Å². The molecule has 0 radical (unpaired) electrons. The summed E-state index contributed by atoms with van der Waals surface area (Å²) in [6.07, 6.45) is 4.54. The molecule has 0 rings (SSSR count). The number of unbranched alkanes of at least 4 members (excludes halogenated alkanes) is 1. The van der Waals surface area contributed by atoms with E-state index < -0.39 is 0 Å². The van der Waals surface area contributed by atoms with Crippen LogP contribution in [0.15, 0.2) is 0 Å². The number of nitrogens with one attached hydrogen (secondary N) is 1. The molecule has 0 aromatic carbocycles. The van der Waals surface area contributed by atoms with E-state index in [1.807, 2.05) is 25.7 Å². The Morgan fingerprint density at radius 3 is 2.60 bits per heavy atom. The van der Waals surface area contributed by atoms with Gasteiger partial charge in [-0.3, -0.25) is 0 Å². The first kappa shape index (κ1) is 14.8. The lowest BCUT2D eigenvalue weighted by Crippen LogP contribution is -2.37. The third-order valence-electron chi connectivity index (χ3n) is 2.85. The molecule has 0 aliphatic rings. The average molecular weight is 228 g/mol. The van der Waals surface area contributed by atoms with Gasteiger partial charge in [-0.15, -0.1) is 0 Å². The number of rotatable bonds is 8. The predicted octanol–water partition coefficient (Wildman–Crippen LogP) is 3.19. The van der Waals surface area contributed by atoms with Gasteiger partial charge in [-0.2, -0.15) is 17.0 Å². The SMILES string of the molecule is CCC(C)SCCCCC(C)(C#N)NC. The summed E-state index contributed by atoms with van der Waals surface area (Å²) in [5, 5.41) is 12.8. The molecule has 15 heavy (non-hydrogen) atoms. The maximum atomic E-state index is 8.95.